The van der Waals surface area contributed by atoms with Crippen LogP contribution in [0.4, 0.5) is 9.18 Å². The Balaban J connectivity index is 1.22. The lowest BCUT2D eigenvalue weighted by Crippen LogP contribution is -2.44. The summed E-state index contributed by atoms with van der Waals surface area (Å²) in [5, 5.41) is 0. The molecule has 4 rings (SSSR count). The number of hydrogen-bond donors (Lipinski definition) is 1. The van der Waals surface area contributed by atoms with Gasteiger partial charge in [-0.2, -0.15) is 0 Å². The monoisotopic (exact) mass is 511 g/mol. The number of ether oxygens (including phenoxy) is 2. The van der Waals surface area contributed by atoms with Crippen molar-refractivity contribution in [1.29, 1.82) is 0 Å². The fourth-order valence-corrected chi connectivity index (χ4v) is 4.84. The molecule has 2 aliphatic rings. The van der Waals surface area contributed by atoms with Crippen LogP contribution in [-0.2, 0) is 16.0 Å². The molecule has 0 radical (unpaired) electrons. The van der Waals surface area contributed by atoms with Crippen molar-refractivity contribution in [2.24, 2.45) is 11.7 Å². The van der Waals surface area contributed by atoms with Crippen LogP contribution in [0.3, 0.4) is 0 Å². The van der Waals surface area contributed by atoms with E-state index in [0.29, 0.717) is 45.0 Å². The molecule has 2 N–H and O–H groups in total. The van der Waals surface area contributed by atoms with Crippen LogP contribution in [-0.4, -0.2) is 72.9 Å². The Hall–Kier alpha value is -3.13. The highest BCUT2D eigenvalue weighted by Crippen LogP contribution is 2.25. The van der Waals surface area contributed by atoms with E-state index >= 15 is 0 Å². The molecule has 0 saturated carbocycles. The summed E-state index contributed by atoms with van der Waals surface area (Å²) in [7, 11) is 0. The Labute approximate surface area is 218 Å². The van der Waals surface area contributed by atoms with Crippen molar-refractivity contribution in [1.82, 2.24) is 9.80 Å². The van der Waals surface area contributed by atoms with Crippen LogP contribution in [0.15, 0.2) is 48.5 Å². The molecular weight excluding hydrogens is 473 g/mol. The molecule has 200 valence electrons. The van der Waals surface area contributed by atoms with Gasteiger partial charge in [0.25, 0.3) is 0 Å². The molecule has 2 amide bonds. The number of rotatable bonds is 8. The zero-order valence-electron chi connectivity index (χ0n) is 21.8. The smallest absolute Gasteiger partial charge is 0.410 e. The van der Waals surface area contributed by atoms with Crippen molar-refractivity contribution in [3.63, 3.8) is 0 Å². The van der Waals surface area contributed by atoms with Crippen molar-refractivity contribution in [2.75, 3.05) is 32.8 Å². The van der Waals surface area contributed by atoms with Crippen LogP contribution in [0.25, 0.3) is 11.1 Å². The van der Waals surface area contributed by atoms with Crippen molar-refractivity contribution >= 4 is 12.0 Å². The molecular formula is C29H38FN3O4. The number of halogens is 1. The number of nitrogens with two attached hydrogens (primary N) is 1. The molecule has 2 fully saturated rings. The van der Waals surface area contributed by atoms with E-state index in [4.69, 9.17) is 15.2 Å². The highest BCUT2D eigenvalue weighted by molar-refractivity contribution is 5.82. The van der Waals surface area contributed by atoms with E-state index in [-0.39, 0.29) is 24.6 Å². The van der Waals surface area contributed by atoms with E-state index in [2.05, 4.69) is 0 Å². The predicted molar refractivity (Wildman–Crippen MR) is 141 cm³/mol. The first-order valence-electron chi connectivity index (χ1n) is 13.2. The van der Waals surface area contributed by atoms with Crippen molar-refractivity contribution in [3.8, 4) is 16.9 Å². The molecule has 2 unspecified atom stereocenters. The van der Waals surface area contributed by atoms with E-state index in [0.717, 1.165) is 35.3 Å². The van der Waals surface area contributed by atoms with Gasteiger partial charge in [0.1, 0.15) is 11.9 Å². The summed E-state index contributed by atoms with van der Waals surface area (Å²) < 4.78 is 24.7. The van der Waals surface area contributed by atoms with Gasteiger partial charge in [0.2, 0.25) is 5.91 Å². The van der Waals surface area contributed by atoms with Gasteiger partial charge >= 0.3 is 6.09 Å². The van der Waals surface area contributed by atoms with Gasteiger partial charge in [0.15, 0.2) is 0 Å². The molecule has 0 aromatic heterocycles. The molecule has 7 nitrogen and oxygen atoms in total. The van der Waals surface area contributed by atoms with Gasteiger partial charge in [0.05, 0.1) is 25.3 Å². The average molecular weight is 512 g/mol. The van der Waals surface area contributed by atoms with Crippen LogP contribution in [0, 0.1) is 5.92 Å². The van der Waals surface area contributed by atoms with E-state index in [9.17, 15) is 14.0 Å². The minimum atomic E-state index is -0.938. The zero-order valence-corrected chi connectivity index (χ0v) is 21.8. The second kappa shape index (κ2) is 12.4. The predicted octanol–water partition coefficient (Wildman–Crippen LogP) is 4.43. The highest BCUT2D eigenvalue weighted by atomic mass is 19.1. The quantitative estimate of drug-likeness (QED) is 0.567. The molecule has 2 aromatic carbocycles. The fraction of sp³-hybridized carbons (Fsp3) is 0.517. The number of carbonyl (C=O) groups excluding carboxylic acids is 2. The molecule has 2 saturated heterocycles. The topological polar surface area (TPSA) is 85.1 Å². The summed E-state index contributed by atoms with van der Waals surface area (Å²) in [6.45, 7) is 6.34. The molecule has 2 heterocycles. The lowest BCUT2D eigenvalue weighted by Gasteiger charge is -2.31. The largest absolute Gasteiger partial charge is 0.493 e. The van der Waals surface area contributed by atoms with Crippen molar-refractivity contribution in [2.45, 2.75) is 57.8 Å². The second-order valence-corrected chi connectivity index (χ2v) is 10.4. The van der Waals surface area contributed by atoms with Gasteiger partial charge in [-0.05, 0) is 74.3 Å². The third kappa shape index (κ3) is 7.44. The van der Waals surface area contributed by atoms with Gasteiger partial charge in [0, 0.05) is 19.6 Å². The van der Waals surface area contributed by atoms with Crippen LogP contribution in [0.2, 0.25) is 0 Å². The molecule has 2 atom stereocenters. The number of benzene rings is 2. The summed E-state index contributed by atoms with van der Waals surface area (Å²) in [5.41, 5.74) is 9.22. The minimum Gasteiger partial charge on any atom is -0.493 e. The third-order valence-corrected chi connectivity index (χ3v) is 7.05. The molecule has 37 heavy (non-hydrogen) atoms. The Morgan fingerprint density at radius 3 is 2.11 bits per heavy atom. The summed E-state index contributed by atoms with van der Waals surface area (Å²) in [4.78, 5) is 27.8. The van der Waals surface area contributed by atoms with Gasteiger partial charge in [-0.15, -0.1) is 0 Å². The lowest BCUT2D eigenvalue weighted by atomic mass is 9.98. The molecule has 0 aliphatic carbocycles. The average Bonchev–Trinajstić information content (AvgIpc) is 3.34. The van der Waals surface area contributed by atoms with Crippen LogP contribution in [0.5, 0.6) is 5.75 Å². The molecule has 8 heteroatoms. The number of hydrogen-bond acceptors (Lipinski definition) is 5. The number of likely N-dealkylation sites (tertiary alicyclic amines) is 2. The maximum Gasteiger partial charge on any atom is 0.410 e. The maximum atomic E-state index is 13.4. The van der Waals surface area contributed by atoms with E-state index in [1.54, 1.807) is 4.90 Å². The summed E-state index contributed by atoms with van der Waals surface area (Å²) in [6.07, 6.45) is 1.36. The first-order chi connectivity index (χ1) is 17.8. The Bertz CT molecular complexity index is 1040. The molecule has 2 aromatic rings. The SMILES string of the molecule is CC(C)OC(=O)N1CCC(COc2ccc(-c3ccc(CC(N)C(=O)N4CCC(F)C4)cc3)cc2)CC1. The maximum absolute atomic E-state index is 13.4. The minimum absolute atomic E-state index is 0.101. The van der Waals surface area contributed by atoms with Crippen molar-refractivity contribution in [3.05, 3.63) is 54.1 Å². The van der Waals surface area contributed by atoms with Crippen LogP contribution in [0.1, 0.15) is 38.7 Å². The van der Waals surface area contributed by atoms with Crippen molar-refractivity contribution < 1.29 is 23.5 Å². The van der Waals surface area contributed by atoms with E-state index in [1.165, 1.54) is 4.90 Å². The van der Waals surface area contributed by atoms with Gasteiger partial charge in [-0.1, -0.05) is 36.4 Å². The van der Waals surface area contributed by atoms with Crippen LogP contribution < -0.4 is 10.5 Å². The highest BCUT2D eigenvalue weighted by Gasteiger charge is 2.29. The van der Waals surface area contributed by atoms with E-state index < -0.39 is 12.2 Å². The first-order valence-corrected chi connectivity index (χ1v) is 13.2. The number of carbonyl (C=O) groups is 2. The Morgan fingerprint density at radius 2 is 1.54 bits per heavy atom. The lowest BCUT2D eigenvalue weighted by molar-refractivity contribution is -0.131. The normalized spacial score (nSPS) is 19.2. The number of nitrogens with zero attached hydrogens (tertiary/aromatic N) is 2. The zero-order chi connectivity index (χ0) is 26.4. The van der Waals surface area contributed by atoms with E-state index in [1.807, 2.05) is 62.4 Å². The van der Waals surface area contributed by atoms with Gasteiger partial charge < -0.3 is 25.0 Å². The molecule has 0 bridgehead atoms. The molecule has 0 spiro atoms. The molecule has 2 aliphatic heterocycles. The summed E-state index contributed by atoms with van der Waals surface area (Å²) >= 11 is 0. The Morgan fingerprint density at radius 1 is 0.946 bits per heavy atom. The standard InChI is InChI=1S/C29H38FN3O4/c1-20(2)37-29(35)32-14-11-22(12-15-32)19-36-26-9-7-24(8-10-26)23-5-3-21(4-6-23)17-27(31)28(34)33-16-13-25(30)18-33/h3-10,20,22,25,27H,11-19,31H2,1-2H3. The fourth-order valence-electron chi connectivity index (χ4n) is 4.84. The first kappa shape index (κ1) is 26.9. The Kier molecular flexibility index (Phi) is 9.03. The summed E-state index contributed by atoms with van der Waals surface area (Å²) in [5.74, 6) is 1.06. The third-order valence-electron chi connectivity index (χ3n) is 7.05. The van der Waals surface area contributed by atoms with Gasteiger partial charge in [-0.3, -0.25) is 4.79 Å². The summed E-state index contributed by atoms with van der Waals surface area (Å²) in [6, 6.07) is 15.4. The number of alkyl halides is 1. The number of piperidine rings is 1. The second-order valence-electron chi connectivity index (χ2n) is 10.4. The van der Waals surface area contributed by atoms with Gasteiger partial charge in [-0.25, -0.2) is 9.18 Å². The number of amides is 2. The van der Waals surface area contributed by atoms with Crippen LogP contribution >= 0.6 is 0 Å².